The number of sulfonamides is 1. The van der Waals surface area contributed by atoms with Crippen molar-refractivity contribution in [1.82, 2.24) is 4.31 Å². The molecule has 1 fully saturated rings. The minimum atomic E-state index is -3.54. The molecular weight excluding hydrogens is 334 g/mol. The van der Waals surface area contributed by atoms with Gasteiger partial charge in [-0.25, -0.2) is 8.42 Å². The molecule has 0 bridgehead atoms. The molecule has 7 heteroatoms. The van der Waals surface area contributed by atoms with Crippen LogP contribution in [-0.2, 0) is 21.4 Å². The molecule has 1 saturated heterocycles. The molecule has 5 nitrogen and oxygen atoms in total. The summed E-state index contributed by atoms with van der Waals surface area (Å²) in [5.74, 6) is 0. The molecule has 1 unspecified atom stereocenters. The molecule has 1 aliphatic rings. The van der Waals surface area contributed by atoms with Crippen molar-refractivity contribution in [3.05, 3.63) is 28.2 Å². The lowest BCUT2D eigenvalue weighted by Gasteiger charge is -2.32. The van der Waals surface area contributed by atoms with Crippen molar-refractivity contribution in [2.45, 2.75) is 24.5 Å². The number of aliphatic hydroxyl groups excluding tert-OH is 1. The summed E-state index contributed by atoms with van der Waals surface area (Å²) in [7, 11) is -3.54. The molecule has 2 rings (SSSR count). The average molecular weight is 350 g/mol. The van der Waals surface area contributed by atoms with Gasteiger partial charge in [0.25, 0.3) is 0 Å². The van der Waals surface area contributed by atoms with Gasteiger partial charge in [0.05, 0.1) is 24.7 Å². The Labute approximate surface area is 121 Å². The standard InChI is InChI=1S/C12H16BrNO4S/c1-9-8-18-5-4-14(9)19(16,17)12-3-2-10(7-15)6-11(12)13/h2-3,6,9,15H,4-5,7-8H2,1H3. The number of ether oxygens (including phenoxy) is 1. The first kappa shape index (κ1) is 14.9. The van der Waals surface area contributed by atoms with Gasteiger partial charge in [-0.3, -0.25) is 0 Å². The minimum Gasteiger partial charge on any atom is -0.392 e. The predicted molar refractivity (Wildman–Crippen MR) is 74.2 cm³/mol. The summed E-state index contributed by atoms with van der Waals surface area (Å²) < 4.78 is 32.4. The van der Waals surface area contributed by atoms with Crippen molar-refractivity contribution in [1.29, 1.82) is 0 Å². The summed E-state index contributed by atoms with van der Waals surface area (Å²) >= 11 is 3.26. The topological polar surface area (TPSA) is 66.8 Å². The third-order valence-electron chi connectivity index (χ3n) is 3.07. The number of hydrogen-bond acceptors (Lipinski definition) is 4. The second kappa shape index (κ2) is 5.88. The van der Waals surface area contributed by atoms with Crippen LogP contribution in [0.2, 0.25) is 0 Å². The van der Waals surface area contributed by atoms with E-state index in [0.29, 0.717) is 29.8 Å². The van der Waals surface area contributed by atoms with E-state index in [1.807, 2.05) is 6.92 Å². The molecule has 1 aliphatic heterocycles. The van der Waals surface area contributed by atoms with Crippen LogP contribution in [0.15, 0.2) is 27.6 Å². The first-order chi connectivity index (χ1) is 8.96. The van der Waals surface area contributed by atoms with Crippen LogP contribution in [0, 0.1) is 0 Å². The van der Waals surface area contributed by atoms with Crippen molar-refractivity contribution in [3.8, 4) is 0 Å². The van der Waals surface area contributed by atoms with Gasteiger partial charge in [-0.05, 0) is 40.5 Å². The van der Waals surface area contributed by atoms with Crippen LogP contribution >= 0.6 is 15.9 Å². The van der Waals surface area contributed by atoms with Gasteiger partial charge in [-0.1, -0.05) is 6.07 Å². The van der Waals surface area contributed by atoms with E-state index in [9.17, 15) is 8.42 Å². The first-order valence-electron chi connectivity index (χ1n) is 5.95. The Morgan fingerprint density at radius 3 is 2.84 bits per heavy atom. The van der Waals surface area contributed by atoms with Crippen LogP contribution in [0.5, 0.6) is 0 Å². The third kappa shape index (κ3) is 3.00. The second-order valence-corrected chi connectivity index (χ2v) is 7.18. The largest absolute Gasteiger partial charge is 0.392 e. The quantitative estimate of drug-likeness (QED) is 0.894. The van der Waals surface area contributed by atoms with E-state index in [2.05, 4.69) is 15.9 Å². The molecule has 1 atom stereocenters. The Bertz CT molecular complexity index is 561. The third-order valence-corrected chi connectivity index (χ3v) is 6.06. The lowest BCUT2D eigenvalue weighted by Crippen LogP contribution is -2.47. The fourth-order valence-corrected chi connectivity index (χ4v) is 4.73. The second-order valence-electron chi connectivity index (χ2n) is 4.46. The molecule has 106 valence electrons. The smallest absolute Gasteiger partial charge is 0.244 e. The highest BCUT2D eigenvalue weighted by Gasteiger charge is 2.32. The molecule has 0 spiro atoms. The van der Waals surface area contributed by atoms with E-state index < -0.39 is 10.0 Å². The van der Waals surface area contributed by atoms with Gasteiger partial charge in [0.2, 0.25) is 10.0 Å². The van der Waals surface area contributed by atoms with Crippen LogP contribution in [-0.4, -0.2) is 43.6 Å². The van der Waals surface area contributed by atoms with E-state index >= 15 is 0 Å². The maximum atomic E-state index is 12.6. The molecule has 1 heterocycles. The van der Waals surface area contributed by atoms with Gasteiger partial charge in [0, 0.05) is 17.1 Å². The molecule has 1 aromatic rings. The lowest BCUT2D eigenvalue weighted by atomic mass is 10.2. The van der Waals surface area contributed by atoms with E-state index in [-0.39, 0.29) is 17.5 Å². The fourth-order valence-electron chi connectivity index (χ4n) is 2.05. The number of nitrogens with zero attached hydrogens (tertiary/aromatic N) is 1. The number of benzene rings is 1. The maximum Gasteiger partial charge on any atom is 0.244 e. The number of halogens is 1. The molecular formula is C12H16BrNO4S. The normalized spacial score (nSPS) is 21.5. The maximum absolute atomic E-state index is 12.6. The van der Waals surface area contributed by atoms with Crippen LogP contribution in [0.3, 0.4) is 0 Å². The predicted octanol–water partition coefficient (Wildman–Crippen LogP) is 1.35. The minimum absolute atomic E-state index is 0.118. The summed E-state index contributed by atoms with van der Waals surface area (Å²) in [5.41, 5.74) is 0.667. The monoisotopic (exact) mass is 349 g/mol. The highest BCUT2D eigenvalue weighted by molar-refractivity contribution is 9.10. The zero-order valence-corrected chi connectivity index (χ0v) is 12.9. The summed E-state index contributed by atoms with van der Waals surface area (Å²) in [5, 5.41) is 9.05. The van der Waals surface area contributed by atoms with E-state index in [1.165, 1.54) is 10.4 Å². The summed E-state index contributed by atoms with van der Waals surface area (Å²) in [4.78, 5) is 0.221. The average Bonchev–Trinajstić information content (AvgIpc) is 2.38. The van der Waals surface area contributed by atoms with Crippen molar-refractivity contribution in [2.24, 2.45) is 0 Å². The fraction of sp³-hybridized carbons (Fsp3) is 0.500. The zero-order valence-electron chi connectivity index (χ0n) is 10.5. The van der Waals surface area contributed by atoms with Crippen LogP contribution in [0.25, 0.3) is 0 Å². The van der Waals surface area contributed by atoms with Crippen molar-refractivity contribution < 1.29 is 18.3 Å². The van der Waals surface area contributed by atoms with Gasteiger partial charge < -0.3 is 9.84 Å². The summed E-state index contributed by atoms with van der Waals surface area (Å²) in [6.45, 7) is 2.89. The number of morpholine rings is 1. The molecule has 0 aliphatic carbocycles. The molecule has 1 N–H and O–H groups in total. The molecule has 0 radical (unpaired) electrons. The molecule has 1 aromatic carbocycles. The Morgan fingerprint density at radius 2 is 2.26 bits per heavy atom. The number of aliphatic hydroxyl groups is 1. The Balaban J connectivity index is 2.38. The summed E-state index contributed by atoms with van der Waals surface area (Å²) in [6.07, 6.45) is 0. The Kier molecular flexibility index (Phi) is 4.62. The van der Waals surface area contributed by atoms with Crippen molar-refractivity contribution in [3.63, 3.8) is 0 Å². The van der Waals surface area contributed by atoms with Crippen molar-refractivity contribution in [2.75, 3.05) is 19.8 Å². The molecule has 19 heavy (non-hydrogen) atoms. The lowest BCUT2D eigenvalue weighted by molar-refractivity contribution is 0.0392. The molecule has 0 amide bonds. The van der Waals surface area contributed by atoms with E-state index in [1.54, 1.807) is 12.1 Å². The van der Waals surface area contributed by atoms with Gasteiger partial charge in [0.15, 0.2) is 0 Å². The van der Waals surface area contributed by atoms with Crippen molar-refractivity contribution >= 4 is 26.0 Å². The number of hydrogen-bond donors (Lipinski definition) is 1. The SMILES string of the molecule is CC1COCCN1S(=O)(=O)c1ccc(CO)cc1Br. The summed E-state index contributed by atoms with van der Waals surface area (Å²) in [6, 6.07) is 4.58. The van der Waals surface area contributed by atoms with Crippen LogP contribution < -0.4 is 0 Å². The van der Waals surface area contributed by atoms with Crippen LogP contribution in [0.1, 0.15) is 12.5 Å². The van der Waals surface area contributed by atoms with Gasteiger partial charge in [-0.2, -0.15) is 4.31 Å². The first-order valence-corrected chi connectivity index (χ1v) is 8.19. The molecule has 0 saturated carbocycles. The Hall–Kier alpha value is -0.470. The van der Waals surface area contributed by atoms with E-state index in [0.717, 1.165) is 0 Å². The van der Waals surface area contributed by atoms with Gasteiger partial charge >= 0.3 is 0 Å². The Morgan fingerprint density at radius 1 is 1.53 bits per heavy atom. The highest BCUT2D eigenvalue weighted by Crippen LogP contribution is 2.28. The van der Waals surface area contributed by atoms with E-state index in [4.69, 9.17) is 9.84 Å². The van der Waals surface area contributed by atoms with Gasteiger partial charge in [0.1, 0.15) is 0 Å². The highest BCUT2D eigenvalue weighted by atomic mass is 79.9. The molecule has 0 aromatic heterocycles. The number of rotatable bonds is 3. The van der Waals surface area contributed by atoms with Crippen LogP contribution in [0.4, 0.5) is 0 Å². The van der Waals surface area contributed by atoms with Gasteiger partial charge in [-0.15, -0.1) is 0 Å². The zero-order chi connectivity index (χ0) is 14.0.